The van der Waals surface area contributed by atoms with E-state index in [-0.39, 0.29) is 6.04 Å². The minimum absolute atomic E-state index is 0.224. The first kappa shape index (κ1) is 13.0. The lowest BCUT2D eigenvalue weighted by molar-refractivity contribution is 0.187. The van der Waals surface area contributed by atoms with Gasteiger partial charge in [-0.2, -0.15) is 0 Å². The lowest BCUT2D eigenvalue weighted by Crippen LogP contribution is -2.22. The quantitative estimate of drug-likeness (QED) is 0.769. The molecule has 3 heteroatoms. The van der Waals surface area contributed by atoms with Gasteiger partial charge >= 0.3 is 0 Å². The van der Waals surface area contributed by atoms with Gasteiger partial charge in [0, 0.05) is 19.8 Å². The Morgan fingerprint density at radius 3 is 2.38 bits per heavy atom. The second kappa shape index (κ2) is 7.25. The minimum Gasteiger partial charge on any atom is -0.497 e. The highest BCUT2D eigenvalue weighted by Crippen LogP contribution is 2.13. The summed E-state index contributed by atoms with van der Waals surface area (Å²) in [6.45, 7) is 0.740. The first-order valence-electron chi connectivity index (χ1n) is 5.63. The molecule has 90 valence electrons. The molecule has 0 saturated heterocycles. The predicted octanol–water partition coefficient (Wildman–Crippen LogP) is 1.99. The SMILES string of the molecule is COCCC(N)CCc1ccc(OC)cc1. The molecule has 0 saturated carbocycles. The van der Waals surface area contributed by atoms with Crippen LogP contribution in [0.2, 0.25) is 0 Å². The van der Waals surface area contributed by atoms with Crippen LogP contribution in [0.3, 0.4) is 0 Å². The van der Waals surface area contributed by atoms with Crippen molar-refractivity contribution in [2.75, 3.05) is 20.8 Å². The van der Waals surface area contributed by atoms with Crippen LogP contribution in [-0.2, 0) is 11.2 Å². The van der Waals surface area contributed by atoms with Crippen LogP contribution in [0.1, 0.15) is 18.4 Å². The second-order valence-corrected chi connectivity index (χ2v) is 3.93. The van der Waals surface area contributed by atoms with Crippen molar-refractivity contribution in [1.82, 2.24) is 0 Å². The van der Waals surface area contributed by atoms with Gasteiger partial charge < -0.3 is 15.2 Å². The summed E-state index contributed by atoms with van der Waals surface area (Å²) >= 11 is 0. The smallest absolute Gasteiger partial charge is 0.118 e. The van der Waals surface area contributed by atoms with E-state index >= 15 is 0 Å². The van der Waals surface area contributed by atoms with Crippen molar-refractivity contribution in [3.05, 3.63) is 29.8 Å². The van der Waals surface area contributed by atoms with Crippen LogP contribution in [0, 0.1) is 0 Å². The van der Waals surface area contributed by atoms with Crippen molar-refractivity contribution in [3.63, 3.8) is 0 Å². The summed E-state index contributed by atoms with van der Waals surface area (Å²) in [5.74, 6) is 0.896. The maximum Gasteiger partial charge on any atom is 0.118 e. The van der Waals surface area contributed by atoms with E-state index in [0.29, 0.717) is 0 Å². The fraction of sp³-hybridized carbons (Fsp3) is 0.538. The zero-order valence-electron chi connectivity index (χ0n) is 10.1. The molecule has 0 aliphatic heterocycles. The van der Waals surface area contributed by atoms with Crippen LogP contribution in [0.5, 0.6) is 5.75 Å². The monoisotopic (exact) mass is 223 g/mol. The molecule has 1 atom stereocenters. The van der Waals surface area contributed by atoms with Gasteiger partial charge in [0.05, 0.1) is 7.11 Å². The molecule has 1 rings (SSSR count). The highest BCUT2D eigenvalue weighted by molar-refractivity contribution is 5.27. The molecule has 1 aromatic carbocycles. The third kappa shape index (κ3) is 4.64. The molecule has 0 aliphatic rings. The van der Waals surface area contributed by atoms with Gasteiger partial charge in [-0.15, -0.1) is 0 Å². The van der Waals surface area contributed by atoms with Gasteiger partial charge in [0.2, 0.25) is 0 Å². The van der Waals surface area contributed by atoms with Crippen LogP contribution >= 0.6 is 0 Å². The maximum absolute atomic E-state index is 5.96. The average Bonchev–Trinajstić information content (AvgIpc) is 2.34. The molecule has 0 fully saturated rings. The Morgan fingerprint density at radius 2 is 1.81 bits per heavy atom. The Bertz CT molecular complexity index is 284. The summed E-state index contributed by atoms with van der Waals surface area (Å²) in [6.07, 6.45) is 2.93. The molecule has 0 spiro atoms. The van der Waals surface area contributed by atoms with Gasteiger partial charge in [-0.05, 0) is 37.0 Å². The summed E-state index contributed by atoms with van der Waals surface area (Å²) in [5.41, 5.74) is 7.26. The third-order valence-corrected chi connectivity index (χ3v) is 2.66. The fourth-order valence-electron chi connectivity index (χ4n) is 1.56. The number of rotatable bonds is 7. The highest BCUT2D eigenvalue weighted by atomic mass is 16.5. The van der Waals surface area contributed by atoms with E-state index in [1.54, 1.807) is 14.2 Å². The van der Waals surface area contributed by atoms with Gasteiger partial charge in [0.15, 0.2) is 0 Å². The largest absolute Gasteiger partial charge is 0.497 e. The Labute approximate surface area is 97.6 Å². The number of hydrogen-bond acceptors (Lipinski definition) is 3. The molecular weight excluding hydrogens is 202 g/mol. The zero-order valence-corrected chi connectivity index (χ0v) is 10.1. The molecular formula is C13H21NO2. The summed E-state index contributed by atoms with van der Waals surface area (Å²) in [7, 11) is 3.38. The maximum atomic E-state index is 5.96. The average molecular weight is 223 g/mol. The molecule has 1 unspecified atom stereocenters. The molecule has 0 radical (unpaired) electrons. The van der Waals surface area contributed by atoms with E-state index < -0.39 is 0 Å². The first-order valence-corrected chi connectivity index (χ1v) is 5.63. The molecule has 1 aromatic rings. The van der Waals surface area contributed by atoms with E-state index in [0.717, 1.165) is 31.6 Å². The van der Waals surface area contributed by atoms with E-state index in [9.17, 15) is 0 Å². The summed E-state index contributed by atoms with van der Waals surface area (Å²) < 4.78 is 10.1. The van der Waals surface area contributed by atoms with E-state index in [4.69, 9.17) is 15.2 Å². The highest BCUT2D eigenvalue weighted by Gasteiger charge is 2.03. The van der Waals surface area contributed by atoms with Gasteiger partial charge in [-0.3, -0.25) is 0 Å². The standard InChI is InChI=1S/C13H21NO2/c1-15-10-9-12(14)6-3-11-4-7-13(16-2)8-5-11/h4-5,7-8,12H,3,6,9-10,14H2,1-2H3. The normalized spacial score (nSPS) is 12.4. The molecule has 0 aliphatic carbocycles. The van der Waals surface area contributed by atoms with Crippen LogP contribution in [0.15, 0.2) is 24.3 Å². The minimum atomic E-state index is 0.224. The summed E-state index contributed by atoms with van der Waals surface area (Å²) in [5, 5.41) is 0. The number of benzene rings is 1. The van der Waals surface area contributed by atoms with Crippen LogP contribution < -0.4 is 10.5 Å². The lowest BCUT2D eigenvalue weighted by Gasteiger charge is -2.10. The van der Waals surface area contributed by atoms with Crippen molar-refractivity contribution < 1.29 is 9.47 Å². The molecule has 16 heavy (non-hydrogen) atoms. The zero-order chi connectivity index (χ0) is 11.8. The van der Waals surface area contributed by atoms with E-state index in [1.165, 1.54) is 5.56 Å². The molecule has 0 aromatic heterocycles. The van der Waals surface area contributed by atoms with Crippen LogP contribution in [-0.4, -0.2) is 26.9 Å². The Morgan fingerprint density at radius 1 is 1.12 bits per heavy atom. The fourth-order valence-corrected chi connectivity index (χ4v) is 1.56. The topological polar surface area (TPSA) is 44.5 Å². The predicted molar refractivity (Wildman–Crippen MR) is 65.8 cm³/mol. The van der Waals surface area contributed by atoms with Crippen molar-refractivity contribution in [1.29, 1.82) is 0 Å². The van der Waals surface area contributed by atoms with Gasteiger partial charge in [0.25, 0.3) is 0 Å². The van der Waals surface area contributed by atoms with Crippen molar-refractivity contribution in [2.24, 2.45) is 5.73 Å². The van der Waals surface area contributed by atoms with E-state index in [2.05, 4.69) is 12.1 Å². The summed E-state index contributed by atoms with van der Waals surface area (Å²) in [6, 6.07) is 8.36. The summed E-state index contributed by atoms with van der Waals surface area (Å²) in [4.78, 5) is 0. The number of nitrogens with two attached hydrogens (primary N) is 1. The van der Waals surface area contributed by atoms with Crippen molar-refractivity contribution >= 4 is 0 Å². The Balaban J connectivity index is 2.30. The van der Waals surface area contributed by atoms with Gasteiger partial charge in [-0.1, -0.05) is 12.1 Å². The molecule has 0 heterocycles. The number of ether oxygens (including phenoxy) is 2. The Hall–Kier alpha value is -1.06. The number of aryl methyl sites for hydroxylation is 1. The molecule has 3 nitrogen and oxygen atoms in total. The second-order valence-electron chi connectivity index (χ2n) is 3.93. The van der Waals surface area contributed by atoms with Gasteiger partial charge in [-0.25, -0.2) is 0 Å². The number of hydrogen-bond donors (Lipinski definition) is 1. The van der Waals surface area contributed by atoms with Crippen molar-refractivity contribution in [2.45, 2.75) is 25.3 Å². The lowest BCUT2D eigenvalue weighted by atomic mass is 10.0. The van der Waals surface area contributed by atoms with Crippen molar-refractivity contribution in [3.8, 4) is 5.75 Å². The molecule has 0 amide bonds. The van der Waals surface area contributed by atoms with E-state index in [1.807, 2.05) is 12.1 Å². The third-order valence-electron chi connectivity index (χ3n) is 2.66. The van der Waals surface area contributed by atoms with Crippen LogP contribution in [0.25, 0.3) is 0 Å². The molecule has 2 N–H and O–H groups in total. The number of methoxy groups -OCH3 is 2. The molecule has 0 bridgehead atoms. The Kier molecular flexibility index (Phi) is 5.90. The van der Waals surface area contributed by atoms with Gasteiger partial charge in [0.1, 0.15) is 5.75 Å². The first-order chi connectivity index (χ1) is 7.76. The van der Waals surface area contributed by atoms with Crippen LogP contribution in [0.4, 0.5) is 0 Å².